The van der Waals surface area contributed by atoms with Gasteiger partial charge in [0.15, 0.2) is 5.71 Å². The van der Waals surface area contributed by atoms with Gasteiger partial charge in [-0.15, -0.1) is 11.3 Å². The fraction of sp³-hybridized carbons (Fsp3) is 0.375. The Hall–Kier alpha value is -1.68. The highest BCUT2D eigenvalue weighted by Gasteiger charge is 2.29. The van der Waals surface area contributed by atoms with Crippen LogP contribution in [0.5, 0.6) is 0 Å². The molecular weight excluding hydrogens is 270 g/mol. The Morgan fingerprint density at radius 2 is 2.25 bits per heavy atom. The summed E-state index contributed by atoms with van der Waals surface area (Å²) < 4.78 is 5.44. The molecule has 0 aromatic carbocycles. The average molecular weight is 288 g/mol. The third-order valence-corrected chi connectivity index (χ3v) is 4.59. The van der Waals surface area contributed by atoms with Gasteiger partial charge in [-0.25, -0.2) is 4.99 Å². The molecule has 1 N–H and O–H groups in total. The molecule has 20 heavy (non-hydrogen) atoms. The second kappa shape index (κ2) is 6.18. The summed E-state index contributed by atoms with van der Waals surface area (Å²) in [5.41, 5.74) is 1.15. The molecule has 4 heteroatoms. The van der Waals surface area contributed by atoms with Crippen LogP contribution in [0.3, 0.4) is 0 Å². The number of furan rings is 1. The maximum absolute atomic E-state index is 11.9. The Morgan fingerprint density at radius 1 is 1.30 bits per heavy atom. The SMILES string of the molecule is O=C1CC(=[NH+]CCc2cccs2)C[C@@H](c2ccco2)C1. The molecule has 0 radical (unpaired) electrons. The van der Waals surface area contributed by atoms with Crippen molar-refractivity contribution in [2.75, 3.05) is 6.54 Å². The second-order valence-electron chi connectivity index (χ2n) is 5.20. The predicted octanol–water partition coefficient (Wildman–Crippen LogP) is 1.94. The van der Waals surface area contributed by atoms with E-state index in [1.807, 2.05) is 12.1 Å². The van der Waals surface area contributed by atoms with Gasteiger partial charge in [-0.2, -0.15) is 0 Å². The van der Waals surface area contributed by atoms with Gasteiger partial charge in [0, 0.05) is 30.1 Å². The highest BCUT2D eigenvalue weighted by molar-refractivity contribution is 7.09. The molecule has 2 aromatic rings. The molecule has 2 heterocycles. The van der Waals surface area contributed by atoms with Crippen molar-refractivity contribution in [3.8, 4) is 0 Å². The summed E-state index contributed by atoms with van der Waals surface area (Å²) in [6, 6.07) is 8.07. The van der Waals surface area contributed by atoms with Crippen molar-refractivity contribution in [1.29, 1.82) is 0 Å². The summed E-state index contributed by atoms with van der Waals surface area (Å²) in [4.78, 5) is 16.7. The number of ketones is 1. The standard InChI is InChI=1S/C16H17NO2S/c18-14-10-12(16-4-1-7-19-16)9-13(11-14)17-6-5-15-3-2-8-20-15/h1-4,7-8,12H,5-6,9-11H2/p+1/t12-/m1/s1. The van der Waals surface area contributed by atoms with E-state index in [1.165, 1.54) is 4.88 Å². The largest absolute Gasteiger partial charge is 0.469 e. The van der Waals surface area contributed by atoms with Crippen molar-refractivity contribution in [3.63, 3.8) is 0 Å². The van der Waals surface area contributed by atoms with Crippen LogP contribution in [0, 0.1) is 0 Å². The maximum atomic E-state index is 11.9. The molecule has 104 valence electrons. The molecule has 0 saturated heterocycles. The van der Waals surface area contributed by atoms with Gasteiger partial charge in [0.1, 0.15) is 18.1 Å². The van der Waals surface area contributed by atoms with E-state index in [1.54, 1.807) is 17.6 Å². The quantitative estimate of drug-likeness (QED) is 0.934. The van der Waals surface area contributed by atoms with E-state index in [0.29, 0.717) is 18.6 Å². The van der Waals surface area contributed by atoms with E-state index in [-0.39, 0.29) is 5.92 Å². The fourth-order valence-corrected chi connectivity index (χ4v) is 3.41. The van der Waals surface area contributed by atoms with Crippen LogP contribution >= 0.6 is 11.3 Å². The molecule has 0 spiro atoms. The van der Waals surface area contributed by atoms with Crippen LogP contribution < -0.4 is 4.99 Å². The van der Waals surface area contributed by atoms with Crippen molar-refractivity contribution in [2.24, 2.45) is 0 Å². The first-order chi connectivity index (χ1) is 9.81. The molecule has 3 nitrogen and oxygen atoms in total. The van der Waals surface area contributed by atoms with Gasteiger partial charge < -0.3 is 4.42 Å². The molecule has 1 aliphatic rings. The van der Waals surface area contributed by atoms with Crippen molar-refractivity contribution in [1.82, 2.24) is 0 Å². The first-order valence-corrected chi connectivity index (χ1v) is 7.85. The highest BCUT2D eigenvalue weighted by Crippen LogP contribution is 2.28. The van der Waals surface area contributed by atoms with Gasteiger partial charge in [-0.3, -0.25) is 4.79 Å². The molecule has 0 bridgehead atoms. The summed E-state index contributed by atoms with van der Waals surface area (Å²) in [5, 5.41) is 2.10. The molecule has 0 unspecified atom stereocenters. The minimum absolute atomic E-state index is 0.204. The third kappa shape index (κ3) is 3.25. The van der Waals surface area contributed by atoms with E-state index in [2.05, 4.69) is 22.5 Å². The monoisotopic (exact) mass is 288 g/mol. The molecule has 1 atom stereocenters. The molecule has 1 fully saturated rings. The zero-order valence-corrected chi connectivity index (χ0v) is 12.1. The molecule has 1 saturated carbocycles. The molecule has 3 rings (SSSR count). The van der Waals surface area contributed by atoms with Crippen LogP contribution in [0.2, 0.25) is 0 Å². The zero-order chi connectivity index (χ0) is 13.8. The lowest BCUT2D eigenvalue weighted by Crippen LogP contribution is -2.74. The van der Waals surface area contributed by atoms with Crippen LogP contribution in [0.25, 0.3) is 0 Å². The van der Waals surface area contributed by atoms with Gasteiger partial charge in [0.05, 0.1) is 12.7 Å². The lowest BCUT2D eigenvalue weighted by atomic mass is 9.85. The fourth-order valence-electron chi connectivity index (χ4n) is 2.70. The normalized spacial score (nSPS) is 21.5. The lowest BCUT2D eigenvalue weighted by Gasteiger charge is -2.17. The summed E-state index contributed by atoms with van der Waals surface area (Å²) in [6.45, 7) is 0.897. The van der Waals surface area contributed by atoms with Crippen molar-refractivity contribution in [2.45, 2.75) is 31.6 Å². The smallest absolute Gasteiger partial charge is 0.158 e. The van der Waals surface area contributed by atoms with E-state index in [4.69, 9.17) is 4.42 Å². The minimum Gasteiger partial charge on any atom is -0.469 e. The van der Waals surface area contributed by atoms with Gasteiger partial charge in [-0.1, -0.05) is 6.07 Å². The lowest BCUT2D eigenvalue weighted by molar-refractivity contribution is -0.458. The van der Waals surface area contributed by atoms with Gasteiger partial charge >= 0.3 is 0 Å². The zero-order valence-electron chi connectivity index (χ0n) is 11.3. The number of rotatable bonds is 4. The minimum atomic E-state index is 0.204. The number of carbonyl (C=O) groups excluding carboxylic acids is 1. The van der Waals surface area contributed by atoms with E-state index in [0.717, 1.165) is 30.9 Å². The van der Waals surface area contributed by atoms with E-state index >= 15 is 0 Å². The Labute approximate surface area is 122 Å². The molecule has 0 aliphatic heterocycles. The van der Waals surface area contributed by atoms with E-state index in [9.17, 15) is 4.79 Å². The Bertz CT molecular complexity index is 584. The number of carbonyl (C=O) groups is 1. The Kier molecular flexibility index (Phi) is 4.11. The topological polar surface area (TPSA) is 44.2 Å². The number of Topliss-reactive ketones (excluding diaryl/α,β-unsaturated/α-hetero) is 1. The van der Waals surface area contributed by atoms with Gasteiger partial charge in [0.2, 0.25) is 0 Å². The van der Waals surface area contributed by atoms with Crippen LogP contribution in [0.1, 0.15) is 35.8 Å². The summed E-state index contributed by atoms with van der Waals surface area (Å²) in [6.07, 6.45) is 4.77. The summed E-state index contributed by atoms with van der Waals surface area (Å²) in [5.74, 6) is 1.43. The van der Waals surface area contributed by atoms with E-state index < -0.39 is 0 Å². The molecule has 1 aliphatic carbocycles. The first-order valence-electron chi connectivity index (χ1n) is 6.97. The average Bonchev–Trinajstić information content (AvgIpc) is 3.11. The number of hydrogen-bond donors (Lipinski definition) is 1. The molecule has 0 amide bonds. The number of hydrogen-bond acceptors (Lipinski definition) is 3. The first kappa shape index (κ1) is 13.3. The van der Waals surface area contributed by atoms with Crippen LogP contribution in [0.4, 0.5) is 0 Å². The molecular formula is C16H18NO2S+. The summed E-state index contributed by atoms with van der Waals surface area (Å²) >= 11 is 1.78. The Morgan fingerprint density at radius 3 is 3.00 bits per heavy atom. The van der Waals surface area contributed by atoms with Crippen LogP contribution in [0.15, 0.2) is 40.3 Å². The Balaban J connectivity index is 1.62. The van der Waals surface area contributed by atoms with Crippen molar-refractivity contribution >= 4 is 22.8 Å². The second-order valence-corrected chi connectivity index (χ2v) is 6.23. The van der Waals surface area contributed by atoms with Crippen LogP contribution in [-0.4, -0.2) is 18.0 Å². The number of nitrogens with one attached hydrogen (secondary N) is 1. The predicted molar refractivity (Wildman–Crippen MR) is 79.2 cm³/mol. The van der Waals surface area contributed by atoms with Gasteiger partial charge in [-0.05, 0) is 23.6 Å². The molecule has 2 aromatic heterocycles. The van der Waals surface area contributed by atoms with Crippen molar-refractivity contribution < 1.29 is 14.2 Å². The third-order valence-electron chi connectivity index (χ3n) is 3.65. The number of thiophene rings is 1. The highest BCUT2D eigenvalue weighted by atomic mass is 32.1. The maximum Gasteiger partial charge on any atom is 0.158 e. The summed E-state index contributed by atoms with van der Waals surface area (Å²) in [7, 11) is 0. The van der Waals surface area contributed by atoms with Crippen LogP contribution in [-0.2, 0) is 11.2 Å². The van der Waals surface area contributed by atoms with Gasteiger partial charge in [0.25, 0.3) is 0 Å². The van der Waals surface area contributed by atoms with Crippen molar-refractivity contribution in [3.05, 3.63) is 46.5 Å².